The van der Waals surface area contributed by atoms with Crippen molar-refractivity contribution in [2.75, 3.05) is 6.54 Å². The first-order chi connectivity index (χ1) is 13.8. The lowest BCUT2D eigenvalue weighted by Gasteiger charge is -2.22. The summed E-state index contributed by atoms with van der Waals surface area (Å²) in [6.45, 7) is 1.82. The number of halogens is 1. The Morgan fingerprint density at radius 3 is 2.66 bits per heavy atom. The number of nitrogens with zero attached hydrogens (tertiary/aromatic N) is 2. The van der Waals surface area contributed by atoms with Crippen molar-refractivity contribution in [3.8, 4) is 5.75 Å². The lowest BCUT2D eigenvalue weighted by Crippen LogP contribution is -2.50. The third kappa shape index (κ3) is 4.81. The number of carbonyl (C=O) groups is 2. The van der Waals surface area contributed by atoms with Gasteiger partial charge in [-0.3, -0.25) is 9.69 Å². The van der Waals surface area contributed by atoms with Crippen LogP contribution in [0.5, 0.6) is 5.75 Å². The molecular formula is C20H22FN5O3. The van der Waals surface area contributed by atoms with Crippen molar-refractivity contribution in [3.05, 3.63) is 65.5 Å². The molecule has 0 bridgehead atoms. The van der Waals surface area contributed by atoms with E-state index in [1.54, 1.807) is 31.2 Å². The van der Waals surface area contributed by atoms with Gasteiger partial charge in [-0.1, -0.05) is 24.3 Å². The number of guanidine groups is 1. The number of aliphatic imine (C=N–C) groups is 1. The maximum absolute atomic E-state index is 13.2. The zero-order chi connectivity index (χ0) is 21.0. The van der Waals surface area contributed by atoms with E-state index in [1.165, 1.54) is 29.2 Å². The van der Waals surface area contributed by atoms with Gasteiger partial charge in [0.1, 0.15) is 11.6 Å². The number of phenols is 1. The normalized spacial score (nSPS) is 18.5. The number of amides is 3. The lowest BCUT2D eigenvalue weighted by atomic mass is 10.0. The zero-order valence-corrected chi connectivity index (χ0v) is 15.9. The van der Waals surface area contributed by atoms with Gasteiger partial charge in [-0.25, -0.2) is 14.2 Å². The van der Waals surface area contributed by atoms with Crippen LogP contribution in [0.25, 0.3) is 0 Å². The van der Waals surface area contributed by atoms with Crippen LogP contribution in [0, 0.1) is 5.82 Å². The zero-order valence-electron chi connectivity index (χ0n) is 15.9. The average molecular weight is 399 g/mol. The van der Waals surface area contributed by atoms with Gasteiger partial charge < -0.3 is 21.5 Å². The van der Waals surface area contributed by atoms with E-state index in [4.69, 9.17) is 5.73 Å². The molecule has 0 saturated carbocycles. The Morgan fingerprint density at radius 1 is 1.21 bits per heavy atom. The molecule has 2 aromatic carbocycles. The minimum Gasteiger partial charge on any atom is -0.508 e. The minimum absolute atomic E-state index is 0.0443. The highest BCUT2D eigenvalue weighted by Crippen LogP contribution is 2.23. The molecular weight excluding hydrogens is 377 g/mol. The highest BCUT2D eigenvalue weighted by Gasteiger charge is 2.44. The molecule has 29 heavy (non-hydrogen) atoms. The molecule has 3 amide bonds. The summed E-state index contributed by atoms with van der Waals surface area (Å²) in [7, 11) is 0. The molecule has 0 aromatic heterocycles. The van der Waals surface area contributed by atoms with Gasteiger partial charge in [-0.2, -0.15) is 0 Å². The maximum atomic E-state index is 13.2. The highest BCUT2D eigenvalue weighted by molar-refractivity contribution is 6.06. The van der Waals surface area contributed by atoms with Crippen molar-refractivity contribution >= 4 is 17.9 Å². The first kappa shape index (κ1) is 20.1. The second-order valence-corrected chi connectivity index (χ2v) is 6.97. The summed E-state index contributed by atoms with van der Waals surface area (Å²) in [6, 6.07) is 11.9. The number of urea groups is 1. The van der Waals surface area contributed by atoms with Gasteiger partial charge in [0, 0.05) is 6.54 Å². The smallest absolute Gasteiger partial charge is 0.315 e. The first-order valence-electron chi connectivity index (χ1n) is 8.98. The van der Waals surface area contributed by atoms with E-state index >= 15 is 0 Å². The summed E-state index contributed by atoms with van der Waals surface area (Å²) in [5.41, 5.74) is 5.99. The number of phenolic OH excluding ortho intramolecular Hbond substituents is 1. The number of benzene rings is 2. The van der Waals surface area contributed by atoms with Gasteiger partial charge >= 0.3 is 6.03 Å². The molecule has 5 N–H and O–H groups in total. The fourth-order valence-electron chi connectivity index (χ4n) is 3.01. The molecule has 2 aromatic rings. The standard InChI is InChI=1S/C20H22FN5O3/c1-20(12-24-19(29)23-10-13-4-2-6-15(21)8-13)17(28)26(18(22)25-20)11-14-5-3-7-16(27)9-14/h2-9,27H,10-12H2,1H3,(H2,22,25)(H2,23,24,29). The van der Waals surface area contributed by atoms with Crippen LogP contribution in [-0.2, 0) is 17.9 Å². The van der Waals surface area contributed by atoms with Gasteiger partial charge in [0.05, 0.1) is 13.1 Å². The monoisotopic (exact) mass is 399 g/mol. The van der Waals surface area contributed by atoms with E-state index in [0.29, 0.717) is 11.1 Å². The van der Waals surface area contributed by atoms with E-state index in [-0.39, 0.29) is 43.1 Å². The molecule has 0 spiro atoms. The Hall–Kier alpha value is -3.62. The number of nitrogens with two attached hydrogens (primary N) is 1. The van der Waals surface area contributed by atoms with Crippen molar-refractivity contribution < 1.29 is 19.1 Å². The van der Waals surface area contributed by atoms with Crippen LogP contribution < -0.4 is 16.4 Å². The predicted molar refractivity (Wildman–Crippen MR) is 105 cm³/mol. The van der Waals surface area contributed by atoms with Crippen LogP contribution in [0.3, 0.4) is 0 Å². The third-order valence-corrected chi connectivity index (χ3v) is 4.53. The van der Waals surface area contributed by atoms with Gasteiger partial charge in [0.2, 0.25) is 0 Å². The second kappa shape index (κ2) is 8.17. The summed E-state index contributed by atoms with van der Waals surface area (Å²) < 4.78 is 13.2. The number of carbonyl (C=O) groups excluding carboxylic acids is 2. The van der Waals surface area contributed by atoms with Crippen molar-refractivity contribution in [1.82, 2.24) is 15.5 Å². The Balaban J connectivity index is 1.56. The fraction of sp³-hybridized carbons (Fsp3) is 0.250. The van der Waals surface area contributed by atoms with Crippen LogP contribution in [-0.4, -0.2) is 40.0 Å². The van der Waals surface area contributed by atoms with E-state index in [1.807, 2.05) is 0 Å². The van der Waals surface area contributed by atoms with E-state index < -0.39 is 11.6 Å². The fourth-order valence-corrected chi connectivity index (χ4v) is 3.01. The quantitative estimate of drug-likeness (QED) is 0.588. The van der Waals surface area contributed by atoms with E-state index in [2.05, 4.69) is 15.6 Å². The summed E-state index contributed by atoms with van der Waals surface area (Å²) >= 11 is 0. The molecule has 1 aliphatic heterocycles. The maximum Gasteiger partial charge on any atom is 0.315 e. The van der Waals surface area contributed by atoms with Crippen molar-refractivity contribution in [2.45, 2.75) is 25.6 Å². The largest absolute Gasteiger partial charge is 0.508 e. The Bertz CT molecular complexity index is 965. The van der Waals surface area contributed by atoms with Crippen molar-refractivity contribution in [3.63, 3.8) is 0 Å². The average Bonchev–Trinajstić information content (AvgIpc) is 2.88. The lowest BCUT2D eigenvalue weighted by molar-refractivity contribution is -0.130. The Labute approximate surface area is 167 Å². The summed E-state index contributed by atoms with van der Waals surface area (Å²) in [5, 5.41) is 14.8. The Morgan fingerprint density at radius 2 is 1.93 bits per heavy atom. The van der Waals surface area contributed by atoms with Crippen molar-refractivity contribution in [2.24, 2.45) is 10.7 Å². The SMILES string of the molecule is CC1(CNC(=O)NCc2cccc(F)c2)N=C(N)N(Cc2cccc(O)c2)C1=O. The molecule has 0 saturated heterocycles. The summed E-state index contributed by atoms with van der Waals surface area (Å²) in [5.74, 6) is -0.610. The third-order valence-electron chi connectivity index (χ3n) is 4.53. The molecule has 152 valence electrons. The second-order valence-electron chi connectivity index (χ2n) is 6.97. The predicted octanol–water partition coefficient (Wildman–Crippen LogP) is 1.45. The summed E-state index contributed by atoms with van der Waals surface area (Å²) in [6.07, 6.45) is 0. The molecule has 1 unspecified atom stereocenters. The van der Waals surface area contributed by atoms with Crippen LogP contribution in [0.2, 0.25) is 0 Å². The number of rotatable bonds is 6. The number of hydrogen-bond donors (Lipinski definition) is 4. The summed E-state index contributed by atoms with van der Waals surface area (Å²) in [4.78, 5) is 30.4. The van der Waals surface area contributed by atoms with Gasteiger partial charge in [0.15, 0.2) is 11.5 Å². The molecule has 9 heteroatoms. The van der Waals surface area contributed by atoms with Crippen LogP contribution in [0.15, 0.2) is 53.5 Å². The first-order valence-corrected chi connectivity index (χ1v) is 8.98. The molecule has 3 rings (SSSR count). The number of hydrogen-bond acceptors (Lipinski definition) is 5. The van der Waals surface area contributed by atoms with Crippen LogP contribution in [0.4, 0.5) is 9.18 Å². The molecule has 0 fully saturated rings. The molecule has 1 heterocycles. The van der Waals surface area contributed by atoms with Crippen molar-refractivity contribution in [1.29, 1.82) is 0 Å². The topological polar surface area (TPSA) is 120 Å². The Kier molecular flexibility index (Phi) is 5.67. The number of nitrogens with one attached hydrogen (secondary N) is 2. The minimum atomic E-state index is -1.24. The molecule has 8 nitrogen and oxygen atoms in total. The molecule has 0 radical (unpaired) electrons. The molecule has 1 aliphatic rings. The molecule has 0 aliphatic carbocycles. The van der Waals surface area contributed by atoms with Gasteiger partial charge in [-0.05, 0) is 42.3 Å². The number of aromatic hydroxyl groups is 1. The van der Waals surface area contributed by atoms with E-state index in [0.717, 1.165) is 0 Å². The van der Waals surface area contributed by atoms with Gasteiger partial charge in [0.25, 0.3) is 5.91 Å². The van der Waals surface area contributed by atoms with Gasteiger partial charge in [-0.15, -0.1) is 0 Å². The highest BCUT2D eigenvalue weighted by atomic mass is 19.1. The molecule has 1 atom stereocenters. The van der Waals surface area contributed by atoms with Crippen LogP contribution in [0.1, 0.15) is 18.1 Å². The van der Waals surface area contributed by atoms with Crippen LogP contribution >= 0.6 is 0 Å². The van der Waals surface area contributed by atoms with E-state index in [9.17, 15) is 19.1 Å².